The van der Waals surface area contributed by atoms with Gasteiger partial charge in [-0.25, -0.2) is 0 Å². The van der Waals surface area contributed by atoms with Crippen molar-refractivity contribution in [1.82, 2.24) is 0 Å². The molecule has 0 aromatic heterocycles. The molecular formula is C10H9NaO4S. The van der Waals surface area contributed by atoms with Crippen molar-refractivity contribution in [3.05, 3.63) is 36.4 Å². The summed E-state index contributed by atoms with van der Waals surface area (Å²) < 4.78 is 31.0. The summed E-state index contributed by atoms with van der Waals surface area (Å²) in [4.78, 5) is -0.198. The zero-order valence-electron chi connectivity index (χ0n) is 7.58. The standard InChI is InChI=1S/C10H8O4S.Na.H/c11-9-5-1-4-8-7(9)3-2-6-10(8)15(12,13)14;;/h1-6,11H,(H,12,13,14);;. The van der Waals surface area contributed by atoms with Crippen LogP contribution in [0, 0.1) is 0 Å². The summed E-state index contributed by atoms with van der Waals surface area (Å²) in [5.74, 6) is -0.0157. The van der Waals surface area contributed by atoms with Crippen LogP contribution in [-0.2, 0) is 10.1 Å². The van der Waals surface area contributed by atoms with E-state index in [2.05, 4.69) is 0 Å². The van der Waals surface area contributed by atoms with Crippen molar-refractivity contribution >= 4 is 50.4 Å². The third kappa shape index (κ3) is 2.39. The SMILES string of the molecule is O=S(=O)(O)c1cccc2c(O)cccc12.[NaH]. The van der Waals surface area contributed by atoms with E-state index in [0.717, 1.165) is 0 Å². The molecule has 0 aliphatic rings. The Morgan fingerprint density at radius 3 is 2.12 bits per heavy atom. The first-order valence-electron chi connectivity index (χ1n) is 4.18. The average molecular weight is 248 g/mol. The van der Waals surface area contributed by atoms with Crippen LogP contribution in [-0.4, -0.2) is 47.6 Å². The van der Waals surface area contributed by atoms with Crippen LogP contribution < -0.4 is 0 Å². The molecule has 0 spiro atoms. The molecule has 0 heterocycles. The van der Waals surface area contributed by atoms with E-state index in [1.54, 1.807) is 6.07 Å². The molecule has 0 unspecified atom stereocenters. The number of phenolic OH excluding ortho intramolecular Hbond substituents is 1. The summed E-state index contributed by atoms with van der Waals surface area (Å²) in [5.41, 5.74) is 0. The van der Waals surface area contributed by atoms with E-state index in [1.165, 1.54) is 30.3 Å². The van der Waals surface area contributed by atoms with Gasteiger partial charge in [0.15, 0.2) is 0 Å². The number of rotatable bonds is 1. The Bertz CT molecular complexity index is 622. The molecule has 0 saturated heterocycles. The first-order chi connectivity index (χ1) is 7.00. The van der Waals surface area contributed by atoms with Gasteiger partial charge in [-0.3, -0.25) is 4.55 Å². The van der Waals surface area contributed by atoms with Gasteiger partial charge in [0.25, 0.3) is 10.1 Å². The number of aromatic hydroxyl groups is 1. The molecule has 6 heteroatoms. The van der Waals surface area contributed by atoms with Crippen molar-refractivity contribution < 1.29 is 18.1 Å². The molecule has 4 nitrogen and oxygen atoms in total. The fourth-order valence-electron chi connectivity index (χ4n) is 1.49. The molecule has 0 fully saturated rings. The molecule has 0 aliphatic heterocycles. The van der Waals surface area contributed by atoms with E-state index in [1.807, 2.05) is 0 Å². The van der Waals surface area contributed by atoms with E-state index >= 15 is 0 Å². The molecule has 0 bridgehead atoms. The Morgan fingerprint density at radius 1 is 0.938 bits per heavy atom. The Labute approximate surface area is 115 Å². The Hall–Kier alpha value is -0.590. The van der Waals surface area contributed by atoms with Crippen molar-refractivity contribution in [2.24, 2.45) is 0 Å². The van der Waals surface area contributed by atoms with Crippen molar-refractivity contribution in [3.8, 4) is 5.75 Å². The molecule has 0 aliphatic carbocycles. The molecule has 2 rings (SSSR count). The van der Waals surface area contributed by atoms with E-state index < -0.39 is 10.1 Å². The van der Waals surface area contributed by atoms with E-state index in [9.17, 15) is 13.5 Å². The Balaban J connectivity index is 0.00000128. The second-order valence-corrected chi connectivity index (χ2v) is 4.49. The summed E-state index contributed by atoms with van der Waals surface area (Å²) in [6.07, 6.45) is 0. The normalized spacial score (nSPS) is 11.1. The minimum absolute atomic E-state index is 0. The quantitative estimate of drug-likeness (QED) is 0.586. The number of hydrogen-bond acceptors (Lipinski definition) is 3. The zero-order valence-corrected chi connectivity index (χ0v) is 8.40. The van der Waals surface area contributed by atoms with Gasteiger partial charge >= 0.3 is 29.6 Å². The van der Waals surface area contributed by atoms with Gasteiger partial charge in [0.1, 0.15) is 10.6 Å². The molecule has 0 saturated carbocycles. The van der Waals surface area contributed by atoms with Crippen LogP contribution in [0.2, 0.25) is 0 Å². The average Bonchev–Trinajstić information content (AvgIpc) is 2.16. The van der Waals surface area contributed by atoms with Crippen molar-refractivity contribution in [2.75, 3.05) is 0 Å². The maximum absolute atomic E-state index is 11.0. The van der Waals surface area contributed by atoms with Crippen LogP contribution >= 0.6 is 0 Å². The van der Waals surface area contributed by atoms with Crippen LogP contribution in [0.4, 0.5) is 0 Å². The number of phenols is 1. The number of benzene rings is 2. The monoisotopic (exact) mass is 248 g/mol. The summed E-state index contributed by atoms with van der Waals surface area (Å²) in [6.45, 7) is 0. The molecular weight excluding hydrogens is 239 g/mol. The third-order valence-electron chi connectivity index (χ3n) is 2.14. The van der Waals surface area contributed by atoms with E-state index in [4.69, 9.17) is 4.55 Å². The van der Waals surface area contributed by atoms with Gasteiger partial charge in [-0.05, 0) is 12.1 Å². The van der Waals surface area contributed by atoms with Gasteiger partial charge in [-0.1, -0.05) is 24.3 Å². The first-order valence-corrected chi connectivity index (χ1v) is 5.62. The van der Waals surface area contributed by atoms with Crippen LogP contribution in [0.15, 0.2) is 41.3 Å². The van der Waals surface area contributed by atoms with Gasteiger partial charge < -0.3 is 5.11 Å². The van der Waals surface area contributed by atoms with Crippen LogP contribution in [0.25, 0.3) is 10.8 Å². The molecule has 80 valence electrons. The summed E-state index contributed by atoms with van der Waals surface area (Å²) in [5, 5.41) is 10.2. The van der Waals surface area contributed by atoms with Gasteiger partial charge in [0.2, 0.25) is 0 Å². The fraction of sp³-hybridized carbons (Fsp3) is 0. The summed E-state index contributed by atoms with van der Waals surface area (Å²) >= 11 is 0. The molecule has 2 aromatic carbocycles. The number of hydrogen-bond donors (Lipinski definition) is 2. The van der Waals surface area contributed by atoms with E-state index in [-0.39, 0.29) is 40.2 Å². The summed E-state index contributed by atoms with van der Waals surface area (Å²) in [6, 6.07) is 8.84. The molecule has 0 atom stereocenters. The van der Waals surface area contributed by atoms with Crippen LogP contribution in [0.1, 0.15) is 0 Å². The summed E-state index contributed by atoms with van der Waals surface area (Å²) in [7, 11) is -4.26. The van der Waals surface area contributed by atoms with Gasteiger partial charge in [0.05, 0.1) is 0 Å². The number of fused-ring (bicyclic) bond motifs is 1. The molecule has 2 aromatic rings. The van der Waals surface area contributed by atoms with Crippen molar-refractivity contribution in [1.29, 1.82) is 0 Å². The molecule has 2 N–H and O–H groups in total. The molecule has 0 radical (unpaired) electrons. The van der Waals surface area contributed by atoms with Gasteiger partial charge in [-0.15, -0.1) is 0 Å². The fourth-order valence-corrected chi connectivity index (χ4v) is 2.20. The maximum atomic E-state index is 11.0. The van der Waals surface area contributed by atoms with Crippen molar-refractivity contribution in [3.63, 3.8) is 0 Å². The zero-order chi connectivity index (χ0) is 11.1. The first kappa shape index (κ1) is 13.5. The molecule has 0 amide bonds. The molecule has 16 heavy (non-hydrogen) atoms. The van der Waals surface area contributed by atoms with E-state index in [0.29, 0.717) is 10.8 Å². The Morgan fingerprint density at radius 2 is 1.50 bits per heavy atom. The Kier molecular flexibility index (Phi) is 3.98. The van der Waals surface area contributed by atoms with Crippen molar-refractivity contribution in [2.45, 2.75) is 4.90 Å². The van der Waals surface area contributed by atoms with Gasteiger partial charge in [-0.2, -0.15) is 8.42 Å². The predicted molar refractivity (Wildman–Crippen MR) is 62.6 cm³/mol. The second-order valence-electron chi connectivity index (χ2n) is 3.10. The van der Waals surface area contributed by atoms with Crippen LogP contribution in [0.5, 0.6) is 5.75 Å². The van der Waals surface area contributed by atoms with Gasteiger partial charge in [0, 0.05) is 10.8 Å². The topological polar surface area (TPSA) is 74.6 Å². The minimum atomic E-state index is -4.26. The predicted octanol–water partition coefficient (Wildman–Crippen LogP) is 1.14. The third-order valence-corrected chi connectivity index (χ3v) is 3.05. The van der Waals surface area contributed by atoms with Crippen LogP contribution in [0.3, 0.4) is 0 Å². The second kappa shape index (κ2) is 4.73.